The Hall–Kier alpha value is -1.99. The van der Waals surface area contributed by atoms with Gasteiger partial charge in [-0.05, 0) is 24.6 Å². The molecule has 2 aromatic rings. The molecule has 2 heterocycles. The van der Waals surface area contributed by atoms with E-state index >= 15 is 0 Å². The summed E-state index contributed by atoms with van der Waals surface area (Å²) in [5, 5.41) is 3.13. The van der Waals surface area contributed by atoms with Crippen molar-refractivity contribution in [3.8, 4) is 5.75 Å². The maximum Gasteiger partial charge on any atom is 0.252 e. The van der Waals surface area contributed by atoms with Crippen molar-refractivity contribution in [1.29, 1.82) is 0 Å². The van der Waals surface area contributed by atoms with Gasteiger partial charge >= 0.3 is 0 Å². The molecule has 1 fully saturated rings. The maximum absolute atomic E-state index is 13.0. The van der Waals surface area contributed by atoms with Crippen molar-refractivity contribution >= 4 is 27.5 Å². The van der Waals surface area contributed by atoms with Crippen molar-refractivity contribution in [1.82, 2.24) is 5.32 Å². The number of amides is 1. The molecule has 7 heteroatoms. The molecule has 2 atom stereocenters. The summed E-state index contributed by atoms with van der Waals surface area (Å²) in [5.74, 6) is 1.09. The first kappa shape index (κ1) is 18.4. The van der Waals surface area contributed by atoms with E-state index in [1.807, 2.05) is 42.5 Å². The number of fused-ring (bicyclic) bond motifs is 1. The molecular formula is C20H21NO4S2. The lowest BCUT2D eigenvalue weighted by Crippen LogP contribution is -2.32. The Bertz CT molecular complexity index is 958. The number of sulfone groups is 1. The van der Waals surface area contributed by atoms with Crippen LogP contribution in [-0.4, -0.2) is 37.7 Å². The van der Waals surface area contributed by atoms with E-state index in [1.54, 1.807) is 6.07 Å². The largest absolute Gasteiger partial charge is 0.493 e. The highest BCUT2D eigenvalue weighted by atomic mass is 32.2. The normalized spacial score (nSPS) is 23.3. The van der Waals surface area contributed by atoms with Crippen molar-refractivity contribution in [3.63, 3.8) is 0 Å². The van der Waals surface area contributed by atoms with Gasteiger partial charge in [-0.25, -0.2) is 8.42 Å². The molecule has 5 nitrogen and oxygen atoms in total. The Morgan fingerprint density at radius 2 is 1.85 bits per heavy atom. The number of ether oxygens (including phenoxy) is 1. The summed E-state index contributed by atoms with van der Waals surface area (Å²) in [6.07, 6.45) is 1.36. The van der Waals surface area contributed by atoms with E-state index in [4.69, 9.17) is 4.74 Å². The molecule has 1 saturated heterocycles. The summed E-state index contributed by atoms with van der Waals surface area (Å²) in [6, 6.07) is 15.1. The molecule has 0 saturated carbocycles. The number of hydrogen-bond donors (Lipinski definition) is 1. The summed E-state index contributed by atoms with van der Waals surface area (Å²) in [6.45, 7) is 0.568. The van der Waals surface area contributed by atoms with Crippen LogP contribution in [0.4, 0.5) is 0 Å². The minimum atomic E-state index is -2.94. The van der Waals surface area contributed by atoms with Crippen LogP contribution in [0.15, 0.2) is 53.4 Å². The molecule has 0 radical (unpaired) electrons. The molecular weight excluding hydrogens is 382 g/mol. The molecule has 0 unspecified atom stereocenters. The summed E-state index contributed by atoms with van der Waals surface area (Å²) in [7, 11) is -2.94. The third-order valence-corrected chi connectivity index (χ3v) is 8.20. The number of para-hydroxylation sites is 1. The van der Waals surface area contributed by atoms with Crippen LogP contribution in [-0.2, 0) is 9.84 Å². The van der Waals surface area contributed by atoms with Crippen molar-refractivity contribution in [2.75, 3.05) is 18.1 Å². The highest BCUT2D eigenvalue weighted by Crippen LogP contribution is 2.35. The summed E-state index contributed by atoms with van der Waals surface area (Å²) in [4.78, 5) is 13.8. The Morgan fingerprint density at radius 3 is 2.67 bits per heavy atom. The quantitative estimate of drug-likeness (QED) is 0.849. The van der Waals surface area contributed by atoms with Crippen LogP contribution >= 0.6 is 11.8 Å². The number of thioether (sulfide) groups is 1. The second-order valence-corrected chi connectivity index (χ2v) is 10.4. The maximum atomic E-state index is 13.0. The van der Waals surface area contributed by atoms with Crippen LogP contribution in [0.2, 0.25) is 0 Å². The number of hydrogen-bond acceptors (Lipinski definition) is 5. The molecule has 2 aliphatic rings. The first-order valence-corrected chi connectivity index (χ1v) is 11.7. The fourth-order valence-electron chi connectivity index (χ4n) is 3.52. The third kappa shape index (κ3) is 4.14. The average Bonchev–Trinajstić information content (AvgIpc) is 3.01. The highest BCUT2D eigenvalue weighted by molar-refractivity contribution is 8.02. The Kier molecular flexibility index (Phi) is 5.14. The van der Waals surface area contributed by atoms with E-state index in [-0.39, 0.29) is 28.7 Å². The lowest BCUT2D eigenvalue weighted by molar-refractivity contribution is 0.0922. The fraction of sp³-hybridized carbons (Fsp3) is 0.350. The lowest BCUT2D eigenvalue weighted by atomic mass is 10.00. The van der Waals surface area contributed by atoms with Gasteiger partial charge in [0.2, 0.25) is 0 Å². The molecule has 0 aliphatic carbocycles. The van der Waals surface area contributed by atoms with Gasteiger partial charge in [0.05, 0.1) is 29.7 Å². The standard InChI is InChI=1S/C20H21NO4S2/c22-20(21-17-9-11-25-18-7-3-1-5-15(17)18)16-6-2-4-8-19(16)26-14-10-12-27(23,24)13-14/h1-8,14,17H,9-13H2,(H,21,22)/t14-,17+/m1/s1. The van der Waals surface area contributed by atoms with Crippen LogP contribution in [0.25, 0.3) is 0 Å². The molecule has 0 bridgehead atoms. The van der Waals surface area contributed by atoms with E-state index in [0.29, 0.717) is 18.6 Å². The minimum absolute atomic E-state index is 0.00718. The Labute approximate surface area is 163 Å². The second-order valence-electron chi connectivity index (χ2n) is 6.84. The van der Waals surface area contributed by atoms with E-state index in [0.717, 1.165) is 22.6 Å². The second kappa shape index (κ2) is 7.56. The van der Waals surface area contributed by atoms with Gasteiger partial charge in [0, 0.05) is 22.1 Å². The summed E-state index contributed by atoms with van der Waals surface area (Å²) >= 11 is 1.49. The van der Waals surface area contributed by atoms with Gasteiger partial charge in [0.1, 0.15) is 5.75 Å². The average molecular weight is 404 g/mol. The molecule has 1 N–H and O–H groups in total. The fourth-order valence-corrected chi connectivity index (χ4v) is 7.14. The molecule has 2 aromatic carbocycles. The molecule has 2 aliphatic heterocycles. The monoisotopic (exact) mass is 403 g/mol. The van der Waals surface area contributed by atoms with Crippen LogP contribution in [0.5, 0.6) is 5.75 Å². The Balaban J connectivity index is 1.52. The van der Waals surface area contributed by atoms with Crippen LogP contribution < -0.4 is 10.1 Å². The van der Waals surface area contributed by atoms with Gasteiger partial charge in [-0.2, -0.15) is 0 Å². The zero-order valence-electron chi connectivity index (χ0n) is 14.8. The van der Waals surface area contributed by atoms with Crippen LogP contribution in [0.1, 0.15) is 34.8 Å². The molecule has 0 aromatic heterocycles. The predicted octanol–water partition coefficient (Wildman–Crippen LogP) is 3.22. The van der Waals surface area contributed by atoms with E-state index in [2.05, 4.69) is 5.32 Å². The molecule has 0 spiro atoms. The van der Waals surface area contributed by atoms with Gasteiger partial charge in [0.15, 0.2) is 9.84 Å². The third-order valence-electron chi connectivity index (χ3n) is 4.88. The van der Waals surface area contributed by atoms with Crippen molar-refractivity contribution in [3.05, 3.63) is 59.7 Å². The molecule has 1 amide bonds. The Morgan fingerprint density at radius 1 is 1.07 bits per heavy atom. The van der Waals surface area contributed by atoms with Crippen LogP contribution in [0, 0.1) is 0 Å². The van der Waals surface area contributed by atoms with Gasteiger partial charge in [0.25, 0.3) is 5.91 Å². The zero-order chi connectivity index (χ0) is 18.9. The first-order chi connectivity index (χ1) is 13.0. The van der Waals surface area contributed by atoms with E-state index in [9.17, 15) is 13.2 Å². The number of benzene rings is 2. The topological polar surface area (TPSA) is 72.5 Å². The number of carbonyl (C=O) groups is 1. The summed E-state index contributed by atoms with van der Waals surface area (Å²) in [5.41, 5.74) is 1.58. The molecule has 27 heavy (non-hydrogen) atoms. The van der Waals surface area contributed by atoms with Gasteiger partial charge in [-0.15, -0.1) is 11.8 Å². The minimum Gasteiger partial charge on any atom is -0.493 e. The van der Waals surface area contributed by atoms with Gasteiger partial charge in [-0.1, -0.05) is 30.3 Å². The smallest absolute Gasteiger partial charge is 0.252 e. The first-order valence-electron chi connectivity index (χ1n) is 9.00. The number of carbonyl (C=O) groups excluding carboxylic acids is 1. The zero-order valence-corrected chi connectivity index (χ0v) is 16.4. The molecule has 142 valence electrons. The van der Waals surface area contributed by atoms with E-state index < -0.39 is 9.84 Å². The van der Waals surface area contributed by atoms with Gasteiger partial charge in [-0.3, -0.25) is 4.79 Å². The number of nitrogens with one attached hydrogen (secondary N) is 1. The van der Waals surface area contributed by atoms with Crippen molar-refractivity contribution < 1.29 is 17.9 Å². The van der Waals surface area contributed by atoms with Crippen molar-refractivity contribution in [2.45, 2.75) is 29.0 Å². The van der Waals surface area contributed by atoms with E-state index in [1.165, 1.54) is 11.8 Å². The molecule has 4 rings (SSSR count). The number of rotatable bonds is 4. The lowest BCUT2D eigenvalue weighted by Gasteiger charge is -2.27. The van der Waals surface area contributed by atoms with Gasteiger partial charge < -0.3 is 10.1 Å². The van der Waals surface area contributed by atoms with Crippen LogP contribution in [0.3, 0.4) is 0 Å². The highest BCUT2D eigenvalue weighted by Gasteiger charge is 2.30. The predicted molar refractivity (Wildman–Crippen MR) is 106 cm³/mol. The van der Waals surface area contributed by atoms with Crippen molar-refractivity contribution in [2.24, 2.45) is 0 Å². The summed E-state index contributed by atoms with van der Waals surface area (Å²) < 4.78 is 29.1. The SMILES string of the molecule is O=C(N[C@H]1CCOc2ccccc21)c1ccccc1S[C@@H]1CCS(=O)(=O)C1.